The summed E-state index contributed by atoms with van der Waals surface area (Å²) < 4.78 is 5.25. The van der Waals surface area contributed by atoms with Crippen molar-refractivity contribution in [2.75, 3.05) is 6.61 Å². The van der Waals surface area contributed by atoms with E-state index in [4.69, 9.17) is 4.74 Å². The van der Waals surface area contributed by atoms with Crippen LogP contribution in [0.3, 0.4) is 0 Å². The summed E-state index contributed by atoms with van der Waals surface area (Å²) in [4.78, 5) is 11.5. The topological polar surface area (TPSA) is 50.1 Å². The lowest BCUT2D eigenvalue weighted by atomic mass is 9.70. The Morgan fingerprint density at radius 3 is 2.50 bits per heavy atom. The molecule has 1 aromatic rings. The molecule has 0 radical (unpaired) electrons. The van der Waals surface area contributed by atoms with Crippen LogP contribution in [0.4, 0.5) is 0 Å². The van der Waals surface area contributed by atoms with Gasteiger partial charge < -0.3 is 4.74 Å². The number of carbonyl (C=O) groups excluding carboxylic acids is 1. The molecule has 1 unspecified atom stereocenters. The van der Waals surface area contributed by atoms with E-state index in [2.05, 4.69) is 26.8 Å². The predicted octanol–water partition coefficient (Wildman–Crippen LogP) is 4.62. The zero-order valence-corrected chi connectivity index (χ0v) is 14.0. The van der Waals surface area contributed by atoms with E-state index in [0.29, 0.717) is 25.9 Å². The SMILES string of the molecule is CCCCC(=O)OCCCC(C#N)(c1ccccc1)C(C)C. The third-order valence-electron chi connectivity index (χ3n) is 4.19. The van der Waals surface area contributed by atoms with Gasteiger partial charge in [-0.1, -0.05) is 57.5 Å². The van der Waals surface area contributed by atoms with E-state index in [9.17, 15) is 10.1 Å². The molecule has 1 rings (SSSR count). The third kappa shape index (κ3) is 4.87. The van der Waals surface area contributed by atoms with Gasteiger partial charge >= 0.3 is 5.97 Å². The molecule has 22 heavy (non-hydrogen) atoms. The summed E-state index contributed by atoms with van der Waals surface area (Å²) in [7, 11) is 0. The molecule has 120 valence electrons. The quantitative estimate of drug-likeness (QED) is 0.494. The molecule has 0 saturated carbocycles. The zero-order chi connectivity index (χ0) is 16.4. The molecule has 0 aliphatic heterocycles. The minimum absolute atomic E-state index is 0.131. The first-order chi connectivity index (χ1) is 10.6. The Kier molecular flexibility index (Phi) is 7.66. The van der Waals surface area contributed by atoms with Crippen molar-refractivity contribution in [1.82, 2.24) is 0 Å². The average Bonchev–Trinajstić information content (AvgIpc) is 2.54. The highest BCUT2D eigenvalue weighted by Crippen LogP contribution is 2.36. The summed E-state index contributed by atoms with van der Waals surface area (Å²) in [6, 6.07) is 12.4. The second-order valence-corrected chi connectivity index (χ2v) is 6.03. The summed E-state index contributed by atoms with van der Waals surface area (Å²) in [5.74, 6) is 0.0735. The van der Waals surface area contributed by atoms with E-state index in [0.717, 1.165) is 18.4 Å². The molecule has 1 atom stereocenters. The minimum Gasteiger partial charge on any atom is -0.466 e. The molecule has 0 aliphatic rings. The molecule has 0 aromatic heterocycles. The number of hydrogen-bond donors (Lipinski definition) is 0. The number of rotatable bonds is 9. The Hall–Kier alpha value is -1.82. The van der Waals surface area contributed by atoms with Crippen LogP contribution in [-0.4, -0.2) is 12.6 Å². The molecule has 3 nitrogen and oxygen atoms in total. The van der Waals surface area contributed by atoms with Gasteiger partial charge in [0.1, 0.15) is 0 Å². The third-order valence-corrected chi connectivity index (χ3v) is 4.19. The first-order valence-electron chi connectivity index (χ1n) is 8.19. The number of benzene rings is 1. The first-order valence-corrected chi connectivity index (χ1v) is 8.19. The maximum Gasteiger partial charge on any atom is 0.305 e. The van der Waals surface area contributed by atoms with Crippen LogP contribution >= 0.6 is 0 Å². The fraction of sp³-hybridized carbons (Fsp3) is 0.579. The highest BCUT2D eigenvalue weighted by molar-refractivity contribution is 5.69. The summed E-state index contributed by atoms with van der Waals surface area (Å²) in [6.45, 7) is 6.59. The molecule has 1 aromatic carbocycles. The van der Waals surface area contributed by atoms with Crippen molar-refractivity contribution in [3.8, 4) is 6.07 Å². The van der Waals surface area contributed by atoms with E-state index >= 15 is 0 Å². The van der Waals surface area contributed by atoms with E-state index in [1.165, 1.54) is 0 Å². The number of esters is 1. The van der Waals surface area contributed by atoms with E-state index in [-0.39, 0.29) is 11.9 Å². The van der Waals surface area contributed by atoms with Crippen LogP contribution in [0.25, 0.3) is 0 Å². The van der Waals surface area contributed by atoms with Gasteiger partial charge in [-0.3, -0.25) is 4.79 Å². The summed E-state index contributed by atoms with van der Waals surface area (Å²) >= 11 is 0. The normalized spacial score (nSPS) is 13.4. The Morgan fingerprint density at radius 1 is 1.27 bits per heavy atom. The fourth-order valence-electron chi connectivity index (χ4n) is 2.68. The molecule has 0 N–H and O–H groups in total. The summed E-state index contributed by atoms with van der Waals surface area (Å²) in [5, 5.41) is 9.77. The zero-order valence-electron chi connectivity index (χ0n) is 14.0. The van der Waals surface area contributed by atoms with Crippen molar-refractivity contribution >= 4 is 5.97 Å². The second-order valence-electron chi connectivity index (χ2n) is 6.03. The second kappa shape index (κ2) is 9.25. The van der Waals surface area contributed by atoms with Gasteiger partial charge in [-0.25, -0.2) is 0 Å². The van der Waals surface area contributed by atoms with Gasteiger partial charge in [-0.15, -0.1) is 0 Å². The minimum atomic E-state index is -0.517. The van der Waals surface area contributed by atoms with Crippen LogP contribution in [0.2, 0.25) is 0 Å². The number of ether oxygens (including phenoxy) is 1. The van der Waals surface area contributed by atoms with Crippen LogP contribution in [0.15, 0.2) is 30.3 Å². The van der Waals surface area contributed by atoms with Crippen LogP contribution < -0.4 is 0 Å². The smallest absolute Gasteiger partial charge is 0.305 e. The van der Waals surface area contributed by atoms with Gasteiger partial charge in [-0.05, 0) is 30.7 Å². The highest BCUT2D eigenvalue weighted by Gasteiger charge is 2.35. The van der Waals surface area contributed by atoms with Crippen molar-refractivity contribution in [3.05, 3.63) is 35.9 Å². The molecule has 0 aliphatic carbocycles. The number of unbranched alkanes of at least 4 members (excludes halogenated alkanes) is 1. The molecule has 0 bridgehead atoms. The maximum atomic E-state index is 11.5. The molecular weight excluding hydrogens is 274 g/mol. The first kappa shape index (κ1) is 18.2. The van der Waals surface area contributed by atoms with E-state index < -0.39 is 5.41 Å². The number of carbonyl (C=O) groups is 1. The van der Waals surface area contributed by atoms with E-state index in [1.54, 1.807) is 0 Å². The van der Waals surface area contributed by atoms with Crippen LogP contribution in [-0.2, 0) is 14.9 Å². The fourth-order valence-corrected chi connectivity index (χ4v) is 2.68. The maximum absolute atomic E-state index is 11.5. The lowest BCUT2D eigenvalue weighted by Gasteiger charge is -2.31. The van der Waals surface area contributed by atoms with Crippen molar-refractivity contribution in [2.24, 2.45) is 5.92 Å². The van der Waals surface area contributed by atoms with Gasteiger partial charge in [0.05, 0.1) is 18.1 Å². The lowest BCUT2D eigenvalue weighted by Crippen LogP contribution is -2.31. The molecular formula is C19H27NO2. The van der Waals surface area contributed by atoms with Gasteiger partial charge in [0.25, 0.3) is 0 Å². The van der Waals surface area contributed by atoms with Crippen molar-refractivity contribution < 1.29 is 9.53 Å². The summed E-state index contributed by atoms with van der Waals surface area (Å²) in [5.41, 5.74) is 0.529. The monoisotopic (exact) mass is 301 g/mol. The van der Waals surface area contributed by atoms with Crippen molar-refractivity contribution in [3.63, 3.8) is 0 Å². The molecule has 3 heteroatoms. The van der Waals surface area contributed by atoms with Gasteiger partial charge in [-0.2, -0.15) is 5.26 Å². The Labute approximate surface area is 134 Å². The Morgan fingerprint density at radius 2 is 1.95 bits per heavy atom. The van der Waals surface area contributed by atoms with Crippen LogP contribution in [0, 0.1) is 17.2 Å². The van der Waals surface area contributed by atoms with Crippen LogP contribution in [0.1, 0.15) is 58.4 Å². The lowest BCUT2D eigenvalue weighted by molar-refractivity contribution is -0.143. The van der Waals surface area contributed by atoms with Gasteiger partial charge in [0.2, 0.25) is 0 Å². The molecule has 0 saturated heterocycles. The average molecular weight is 301 g/mol. The van der Waals surface area contributed by atoms with Gasteiger partial charge in [0, 0.05) is 6.42 Å². The van der Waals surface area contributed by atoms with Crippen molar-refractivity contribution in [2.45, 2.75) is 58.3 Å². The van der Waals surface area contributed by atoms with Gasteiger partial charge in [0.15, 0.2) is 0 Å². The van der Waals surface area contributed by atoms with Crippen molar-refractivity contribution in [1.29, 1.82) is 5.26 Å². The number of nitrogens with zero attached hydrogens (tertiary/aromatic N) is 1. The van der Waals surface area contributed by atoms with Crippen LogP contribution in [0.5, 0.6) is 0 Å². The summed E-state index contributed by atoms with van der Waals surface area (Å²) in [6.07, 6.45) is 3.76. The Balaban J connectivity index is 2.61. The highest BCUT2D eigenvalue weighted by atomic mass is 16.5. The number of hydrogen-bond acceptors (Lipinski definition) is 3. The van der Waals surface area contributed by atoms with E-state index in [1.807, 2.05) is 30.3 Å². The molecule has 0 fully saturated rings. The standard InChI is InChI=1S/C19H27NO2/c1-4-5-12-18(21)22-14-9-13-19(15-20,16(2)3)17-10-7-6-8-11-17/h6-8,10-11,16H,4-5,9,12-14H2,1-3H3. The molecule has 0 heterocycles. The molecule has 0 spiro atoms. The largest absolute Gasteiger partial charge is 0.466 e. The molecule has 0 amide bonds. The predicted molar refractivity (Wildman–Crippen MR) is 88.3 cm³/mol. The Bertz CT molecular complexity index is 490. The number of nitriles is 1.